The number of nitrogens with one attached hydrogen (secondary N) is 1. The van der Waals surface area contributed by atoms with Gasteiger partial charge in [0.2, 0.25) is 0 Å². The van der Waals surface area contributed by atoms with Crippen molar-refractivity contribution in [2.45, 2.75) is 33.4 Å². The minimum absolute atomic E-state index is 0.265. The Bertz CT molecular complexity index is 393. The van der Waals surface area contributed by atoms with E-state index in [1.165, 1.54) is 6.42 Å². The van der Waals surface area contributed by atoms with Crippen LogP contribution in [-0.4, -0.2) is 22.7 Å². The minimum atomic E-state index is 0.265. The Morgan fingerprint density at radius 2 is 2.20 bits per heavy atom. The summed E-state index contributed by atoms with van der Waals surface area (Å²) in [4.78, 5) is 9.04. The molecule has 0 aromatic heterocycles. The predicted molar refractivity (Wildman–Crippen MR) is 60.3 cm³/mol. The van der Waals surface area contributed by atoms with Crippen LogP contribution in [0.3, 0.4) is 0 Å². The van der Waals surface area contributed by atoms with Crippen LogP contribution in [0.5, 0.6) is 0 Å². The number of fused-ring (bicyclic) bond motifs is 1. The van der Waals surface area contributed by atoms with Crippen molar-refractivity contribution in [2.24, 2.45) is 21.8 Å². The smallest absolute Gasteiger partial charge is 0.165 e. The number of rotatable bonds is 1. The standard InChI is InChI=1S/C11H16N4/c1-6-4-9(6)10-13-11-8(3)12-5-7(2)15(11)14-10/h5-6,9-10,14H,4H2,1-3H3. The van der Waals surface area contributed by atoms with Crippen molar-refractivity contribution in [2.75, 3.05) is 0 Å². The lowest BCUT2D eigenvalue weighted by Gasteiger charge is -2.24. The van der Waals surface area contributed by atoms with Crippen LogP contribution in [0.4, 0.5) is 0 Å². The molecule has 4 nitrogen and oxygen atoms in total. The van der Waals surface area contributed by atoms with E-state index in [9.17, 15) is 0 Å². The first-order valence-corrected chi connectivity index (χ1v) is 5.52. The van der Waals surface area contributed by atoms with E-state index in [0.29, 0.717) is 5.92 Å². The zero-order valence-electron chi connectivity index (χ0n) is 9.36. The molecule has 15 heavy (non-hydrogen) atoms. The summed E-state index contributed by atoms with van der Waals surface area (Å²) < 4.78 is 0. The predicted octanol–water partition coefficient (Wildman–Crippen LogP) is 1.52. The normalized spacial score (nSPS) is 38.2. The highest BCUT2D eigenvalue weighted by Gasteiger charge is 2.44. The number of aliphatic imine (C=N–C) groups is 2. The van der Waals surface area contributed by atoms with Crippen LogP contribution in [0.25, 0.3) is 0 Å². The summed E-state index contributed by atoms with van der Waals surface area (Å²) in [5, 5.41) is 2.07. The first-order valence-electron chi connectivity index (χ1n) is 5.52. The van der Waals surface area contributed by atoms with Crippen LogP contribution < -0.4 is 5.43 Å². The maximum Gasteiger partial charge on any atom is 0.165 e. The molecule has 0 aromatic rings. The Kier molecular flexibility index (Phi) is 1.77. The lowest BCUT2D eigenvalue weighted by atomic mass is 10.3. The average molecular weight is 204 g/mol. The highest BCUT2D eigenvalue weighted by atomic mass is 15.6. The summed E-state index contributed by atoms with van der Waals surface area (Å²) in [6.45, 7) is 6.35. The number of nitrogens with zero attached hydrogens (tertiary/aromatic N) is 3. The van der Waals surface area contributed by atoms with Crippen LogP contribution in [0.2, 0.25) is 0 Å². The molecule has 3 rings (SSSR count). The van der Waals surface area contributed by atoms with Crippen molar-refractivity contribution in [1.82, 2.24) is 10.4 Å². The van der Waals surface area contributed by atoms with Gasteiger partial charge >= 0.3 is 0 Å². The van der Waals surface area contributed by atoms with Gasteiger partial charge in [-0.1, -0.05) is 6.92 Å². The van der Waals surface area contributed by atoms with Crippen LogP contribution in [0, 0.1) is 11.8 Å². The third-order valence-corrected chi connectivity index (χ3v) is 3.43. The van der Waals surface area contributed by atoms with E-state index in [0.717, 1.165) is 23.2 Å². The molecule has 0 saturated heterocycles. The summed E-state index contributed by atoms with van der Waals surface area (Å²) in [7, 11) is 0. The molecule has 0 spiro atoms. The second-order valence-electron chi connectivity index (χ2n) is 4.72. The lowest BCUT2D eigenvalue weighted by Crippen LogP contribution is -2.43. The molecule has 4 heteroatoms. The highest BCUT2D eigenvalue weighted by molar-refractivity contribution is 6.41. The van der Waals surface area contributed by atoms with E-state index in [1.54, 1.807) is 0 Å². The van der Waals surface area contributed by atoms with Gasteiger partial charge in [0.15, 0.2) is 5.84 Å². The van der Waals surface area contributed by atoms with Crippen molar-refractivity contribution in [3.63, 3.8) is 0 Å². The van der Waals surface area contributed by atoms with Crippen molar-refractivity contribution >= 4 is 11.5 Å². The van der Waals surface area contributed by atoms with Crippen LogP contribution >= 0.6 is 0 Å². The average Bonchev–Trinajstić information content (AvgIpc) is 2.79. The van der Waals surface area contributed by atoms with E-state index in [2.05, 4.69) is 29.3 Å². The molecule has 0 aromatic carbocycles. The fraction of sp³-hybridized carbons (Fsp3) is 0.636. The van der Waals surface area contributed by atoms with Crippen molar-refractivity contribution in [3.05, 3.63) is 11.9 Å². The minimum Gasteiger partial charge on any atom is -0.259 e. The van der Waals surface area contributed by atoms with E-state index in [1.807, 2.05) is 13.1 Å². The van der Waals surface area contributed by atoms with Gasteiger partial charge in [-0.3, -0.25) is 10.0 Å². The summed E-state index contributed by atoms with van der Waals surface area (Å²) in [5.41, 5.74) is 5.57. The topological polar surface area (TPSA) is 40.0 Å². The molecule has 1 aliphatic carbocycles. The zero-order valence-corrected chi connectivity index (χ0v) is 9.36. The highest BCUT2D eigenvalue weighted by Crippen LogP contribution is 2.42. The third-order valence-electron chi connectivity index (χ3n) is 3.43. The van der Waals surface area contributed by atoms with E-state index in [4.69, 9.17) is 4.99 Å². The molecule has 3 aliphatic rings. The molecule has 0 radical (unpaired) electrons. The second-order valence-corrected chi connectivity index (χ2v) is 4.72. The fourth-order valence-electron chi connectivity index (χ4n) is 2.22. The maximum absolute atomic E-state index is 4.71. The van der Waals surface area contributed by atoms with Gasteiger partial charge in [0.05, 0.1) is 11.4 Å². The van der Waals surface area contributed by atoms with Gasteiger partial charge in [0, 0.05) is 6.20 Å². The van der Waals surface area contributed by atoms with Gasteiger partial charge in [-0.2, -0.15) is 0 Å². The molecule has 3 unspecified atom stereocenters. The third kappa shape index (κ3) is 1.32. The molecule has 0 amide bonds. The largest absolute Gasteiger partial charge is 0.259 e. The Balaban J connectivity index is 1.87. The monoisotopic (exact) mass is 204 g/mol. The second kappa shape index (κ2) is 2.92. The van der Waals surface area contributed by atoms with Crippen LogP contribution in [0.1, 0.15) is 27.2 Å². The molecular weight excluding hydrogens is 188 g/mol. The first-order chi connectivity index (χ1) is 7.16. The van der Waals surface area contributed by atoms with Gasteiger partial charge in [-0.15, -0.1) is 0 Å². The summed E-state index contributed by atoms with van der Waals surface area (Å²) in [6, 6.07) is 0. The molecule has 0 bridgehead atoms. The van der Waals surface area contributed by atoms with Gasteiger partial charge < -0.3 is 0 Å². The Morgan fingerprint density at radius 3 is 2.80 bits per heavy atom. The Labute approximate surface area is 89.8 Å². The van der Waals surface area contributed by atoms with Gasteiger partial charge in [-0.25, -0.2) is 10.4 Å². The molecule has 1 fully saturated rings. The number of hydrogen-bond donors (Lipinski definition) is 1. The summed E-state index contributed by atoms with van der Waals surface area (Å²) >= 11 is 0. The molecule has 80 valence electrons. The summed E-state index contributed by atoms with van der Waals surface area (Å²) in [5.74, 6) is 2.53. The van der Waals surface area contributed by atoms with Gasteiger partial charge in [0.25, 0.3) is 0 Å². The number of hydrazine groups is 1. The fourth-order valence-corrected chi connectivity index (χ4v) is 2.22. The van der Waals surface area contributed by atoms with Crippen molar-refractivity contribution < 1.29 is 0 Å². The number of hydrogen-bond acceptors (Lipinski definition) is 4. The van der Waals surface area contributed by atoms with Crippen LogP contribution in [-0.2, 0) is 0 Å². The molecule has 1 saturated carbocycles. The van der Waals surface area contributed by atoms with Crippen molar-refractivity contribution in [3.8, 4) is 0 Å². The quantitative estimate of drug-likeness (QED) is 0.703. The van der Waals surface area contributed by atoms with Gasteiger partial charge in [0.1, 0.15) is 6.17 Å². The van der Waals surface area contributed by atoms with E-state index >= 15 is 0 Å². The van der Waals surface area contributed by atoms with Gasteiger partial charge in [-0.05, 0) is 32.1 Å². The molecule has 3 atom stereocenters. The lowest BCUT2D eigenvalue weighted by molar-refractivity contribution is 0.330. The zero-order chi connectivity index (χ0) is 10.6. The molecule has 2 aliphatic heterocycles. The van der Waals surface area contributed by atoms with Crippen molar-refractivity contribution in [1.29, 1.82) is 0 Å². The first kappa shape index (κ1) is 9.09. The van der Waals surface area contributed by atoms with Crippen LogP contribution in [0.15, 0.2) is 21.9 Å². The van der Waals surface area contributed by atoms with E-state index in [-0.39, 0.29) is 6.17 Å². The number of amidine groups is 1. The molecule has 1 N–H and O–H groups in total. The Hall–Kier alpha value is -1.16. The molecular formula is C11H16N4. The molecule has 2 heterocycles. The number of allylic oxidation sites excluding steroid dienone is 1. The SMILES string of the molecule is CC1=CN=C(C)C2=NC(C3CC3C)NN12. The van der Waals surface area contributed by atoms with E-state index < -0.39 is 0 Å². The summed E-state index contributed by atoms with van der Waals surface area (Å²) in [6.07, 6.45) is 3.45. The Morgan fingerprint density at radius 1 is 1.47 bits per heavy atom. The maximum atomic E-state index is 4.71.